The summed E-state index contributed by atoms with van der Waals surface area (Å²) in [6, 6.07) is 7.23. The molecule has 1 aromatic carbocycles. The van der Waals surface area contributed by atoms with Crippen LogP contribution in [0.25, 0.3) is 0 Å². The number of rotatable bonds is 11. The van der Waals surface area contributed by atoms with Crippen molar-refractivity contribution in [2.45, 2.75) is 45.8 Å². The average Bonchev–Trinajstić information content (AvgIpc) is 2.60. The van der Waals surface area contributed by atoms with Gasteiger partial charge in [-0.3, -0.25) is 9.59 Å². The highest BCUT2D eigenvalue weighted by Crippen LogP contribution is 2.05. The van der Waals surface area contributed by atoms with Crippen LogP contribution in [0.3, 0.4) is 0 Å². The fraction of sp³-hybridized carbons (Fsp3) is 0.474. The normalized spacial score (nSPS) is 11.6. The van der Waals surface area contributed by atoms with Crippen LogP contribution in [0.1, 0.15) is 49.0 Å². The standard InChI is InChI=1S/C19H28N2O3/c1-4-6-12-20-19(23)17-10-8-16(9-11-17)14-21-18(22)15(3)24-13-7-5-2/h5,8-11,15H,2,4,6-7,12-14H2,1,3H3,(H,20,23)(H,21,22). The fourth-order valence-corrected chi connectivity index (χ4v) is 1.99. The predicted molar refractivity (Wildman–Crippen MR) is 95.8 cm³/mol. The van der Waals surface area contributed by atoms with Crippen molar-refractivity contribution in [3.05, 3.63) is 48.0 Å². The molecule has 2 amide bonds. The van der Waals surface area contributed by atoms with Crippen LogP contribution < -0.4 is 10.6 Å². The van der Waals surface area contributed by atoms with Crippen molar-refractivity contribution in [2.24, 2.45) is 0 Å². The van der Waals surface area contributed by atoms with Gasteiger partial charge in [0.1, 0.15) is 6.10 Å². The minimum atomic E-state index is -0.492. The smallest absolute Gasteiger partial charge is 0.251 e. The van der Waals surface area contributed by atoms with E-state index in [1.807, 2.05) is 12.1 Å². The van der Waals surface area contributed by atoms with Gasteiger partial charge in [-0.15, -0.1) is 6.58 Å². The lowest BCUT2D eigenvalue weighted by atomic mass is 10.1. The van der Waals surface area contributed by atoms with E-state index in [9.17, 15) is 9.59 Å². The minimum Gasteiger partial charge on any atom is -0.368 e. The van der Waals surface area contributed by atoms with E-state index in [1.165, 1.54) is 0 Å². The van der Waals surface area contributed by atoms with Crippen molar-refractivity contribution < 1.29 is 14.3 Å². The number of unbranched alkanes of at least 4 members (excludes halogenated alkanes) is 1. The zero-order valence-electron chi connectivity index (χ0n) is 14.6. The second kappa shape index (κ2) is 11.4. The molecule has 1 atom stereocenters. The molecular weight excluding hydrogens is 304 g/mol. The van der Waals surface area contributed by atoms with Gasteiger partial charge in [0.15, 0.2) is 0 Å². The summed E-state index contributed by atoms with van der Waals surface area (Å²) >= 11 is 0. The number of amides is 2. The van der Waals surface area contributed by atoms with Crippen molar-refractivity contribution >= 4 is 11.8 Å². The van der Waals surface area contributed by atoms with E-state index in [0.717, 1.165) is 24.8 Å². The van der Waals surface area contributed by atoms with Crippen LogP contribution >= 0.6 is 0 Å². The molecule has 5 heteroatoms. The number of ether oxygens (including phenoxy) is 1. The third-order valence-corrected chi connectivity index (χ3v) is 3.56. The van der Waals surface area contributed by atoms with Crippen LogP contribution in [0, 0.1) is 0 Å². The minimum absolute atomic E-state index is 0.0664. The van der Waals surface area contributed by atoms with Crippen LogP contribution in [0.4, 0.5) is 0 Å². The highest BCUT2D eigenvalue weighted by molar-refractivity contribution is 5.94. The lowest BCUT2D eigenvalue weighted by Crippen LogP contribution is -2.34. The molecule has 0 saturated carbocycles. The zero-order chi connectivity index (χ0) is 17.8. The van der Waals surface area contributed by atoms with Gasteiger partial charge in [0.2, 0.25) is 5.91 Å². The first kappa shape index (κ1) is 19.9. The van der Waals surface area contributed by atoms with E-state index in [-0.39, 0.29) is 11.8 Å². The molecular formula is C19H28N2O3. The third-order valence-electron chi connectivity index (χ3n) is 3.56. The number of carbonyl (C=O) groups excluding carboxylic acids is 2. The Balaban J connectivity index is 2.39. The van der Waals surface area contributed by atoms with E-state index in [0.29, 0.717) is 25.3 Å². The summed E-state index contributed by atoms with van der Waals surface area (Å²) < 4.78 is 5.39. The van der Waals surface area contributed by atoms with Gasteiger partial charge in [0.25, 0.3) is 5.91 Å². The Kier molecular flexibility index (Phi) is 9.46. The third kappa shape index (κ3) is 7.42. The molecule has 0 radical (unpaired) electrons. The van der Waals surface area contributed by atoms with E-state index >= 15 is 0 Å². The van der Waals surface area contributed by atoms with Gasteiger partial charge in [0, 0.05) is 18.7 Å². The van der Waals surface area contributed by atoms with E-state index in [1.54, 1.807) is 25.1 Å². The Bertz CT molecular complexity index is 526. The van der Waals surface area contributed by atoms with Gasteiger partial charge in [-0.25, -0.2) is 0 Å². The molecule has 0 aromatic heterocycles. The molecule has 0 aliphatic heterocycles. The molecule has 1 unspecified atom stereocenters. The number of benzene rings is 1. The van der Waals surface area contributed by atoms with Crippen molar-refractivity contribution in [3.63, 3.8) is 0 Å². The second-order valence-corrected chi connectivity index (χ2v) is 5.61. The lowest BCUT2D eigenvalue weighted by molar-refractivity contribution is -0.131. The summed E-state index contributed by atoms with van der Waals surface area (Å²) in [7, 11) is 0. The Morgan fingerprint density at radius 3 is 2.58 bits per heavy atom. The van der Waals surface area contributed by atoms with Crippen LogP contribution in [-0.4, -0.2) is 31.1 Å². The summed E-state index contributed by atoms with van der Waals surface area (Å²) in [5, 5.41) is 5.70. The molecule has 5 nitrogen and oxygen atoms in total. The Labute approximate surface area is 144 Å². The largest absolute Gasteiger partial charge is 0.368 e. The zero-order valence-corrected chi connectivity index (χ0v) is 14.6. The highest BCUT2D eigenvalue weighted by atomic mass is 16.5. The van der Waals surface area contributed by atoms with Crippen molar-refractivity contribution in [1.82, 2.24) is 10.6 Å². The number of carbonyl (C=O) groups is 2. The summed E-state index contributed by atoms with van der Waals surface area (Å²) in [6.45, 7) is 9.00. The number of hydrogen-bond donors (Lipinski definition) is 2. The van der Waals surface area contributed by atoms with Gasteiger partial charge in [-0.1, -0.05) is 31.6 Å². The Morgan fingerprint density at radius 1 is 1.25 bits per heavy atom. The molecule has 1 rings (SSSR count). The number of hydrogen-bond acceptors (Lipinski definition) is 3. The maximum absolute atomic E-state index is 11.9. The monoisotopic (exact) mass is 332 g/mol. The molecule has 0 bridgehead atoms. The van der Waals surface area contributed by atoms with E-state index in [2.05, 4.69) is 24.1 Å². The van der Waals surface area contributed by atoms with Crippen LogP contribution in [0.2, 0.25) is 0 Å². The van der Waals surface area contributed by atoms with Gasteiger partial charge in [0.05, 0.1) is 6.61 Å². The Hall–Kier alpha value is -2.14. The molecule has 0 aliphatic carbocycles. The molecule has 0 heterocycles. The summed E-state index contributed by atoms with van der Waals surface area (Å²) in [5.41, 5.74) is 1.56. The van der Waals surface area contributed by atoms with E-state index < -0.39 is 6.10 Å². The summed E-state index contributed by atoms with van der Waals surface area (Å²) in [5.74, 6) is -0.219. The fourth-order valence-electron chi connectivity index (χ4n) is 1.99. The van der Waals surface area contributed by atoms with Crippen LogP contribution in [0.15, 0.2) is 36.9 Å². The van der Waals surface area contributed by atoms with Crippen molar-refractivity contribution in [1.29, 1.82) is 0 Å². The SMILES string of the molecule is C=CCCOC(C)C(=O)NCc1ccc(C(=O)NCCCC)cc1. The van der Waals surface area contributed by atoms with Gasteiger partial charge in [-0.2, -0.15) is 0 Å². The lowest BCUT2D eigenvalue weighted by Gasteiger charge is -2.13. The molecule has 0 fully saturated rings. The molecule has 132 valence electrons. The first-order valence-corrected chi connectivity index (χ1v) is 8.45. The highest BCUT2D eigenvalue weighted by Gasteiger charge is 2.12. The van der Waals surface area contributed by atoms with E-state index in [4.69, 9.17) is 4.74 Å². The van der Waals surface area contributed by atoms with Gasteiger partial charge in [-0.05, 0) is 37.5 Å². The maximum Gasteiger partial charge on any atom is 0.251 e. The predicted octanol–water partition coefficient (Wildman–Crippen LogP) is 2.81. The molecule has 2 N–H and O–H groups in total. The van der Waals surface area contributed by atoms with Crippen molar-refractivity contribution in [2.75, 3.05) is 13.2 Å². The maximum atomic E-state index is 11.9. The summed E-state index contributed by atoms with van der Waals surface area (Å²) in [6.07, 6.45) is 4.01. The quantitative estimate of drug-likeness (QED) is 0.484. The first-order chi connectivity index (χ1) is 11.6. The van der Waals surface area contributed by atoms with Gasteiger partial charge < -0.3 is 15.4 Å². The average molecular weight is 332 g/mol. The molecule has 0 saturated heterocycles. The molecule has 0 aliphatic rings. The summed E-state index contributed by atoms with van der Waals surface area (Å²) in [4.78, 5) is 23.8. The number of nitrogens with one attached hydrogen (secondary N) is 2. The molecule has 24 heavy (non-hydrogen) atoms. The van der Waals surface area contributed by atoms with Crippen molar-refractivity contribution in [3.8, 4) is 0 Å². The second-order valence-electron chi connectivity index (χ2n) is 5.61. The first-order valence-electron chi connectivity index (χ1n) is 8.45. The topological polar surface area (TPSA) is 67.4 Å². The van der Waals surface area contributed by atoms with Gasteiger partial charge >= 0.3 is 0 Å². The Morgan fingerprint density at radius 2 is 1.96 bits per heavy atom. The van der Waals surface area contributed by atoms with Crippen LogP contribution in [0.5, 0.6) is 0 Å². The molecule has 1 aromatic rings. The van der Waals surface area contributed by atoms with Crippen LogP contribution in [-0.2, 0) is 16.1 Å². The molecule has 0 spiro atoms.